The van der Waals surface area contributed by atoms with Gasteiger partial charge in [0.2, 0.25) is 10.0 Å². The van der Waals surface area contributed by atoms with Gasteiger partial charge in [0, 0.05) is 45.8 Å². The predicted octanol–water partition coefficient (Wildman–Crippen LogP) is -1.35. The molecule has 8 nitrogen and oxygen atoms in total. The maximum Gasteiger partial charge on any atom is 0.214 e. The third kappa shape index (κ3) is 5.71. The second kappa shape index (κ2) is 8.66. The van der Waals surface area contributed by atoms with Crippen molar-refractivity contribution in [3.8, 4) is 0 Å². The maximum absolute atomic E-state index is 11.6. The van der Waals surface area contributed by atoms with Crippen LogP contribution in [0.25, 0.3) is 0 Å². The lowest BCUT2D eigenvalue weighted by Gasteiger charge is -2.26. The molecule has 0 aliphatic carbocycles. The van der Waals surface area contributed by atoms with Crippen molar-refractivity contribution in [3.05, 3.63) is 0 Å². The van der Waals surface area contributed by atoms with Crippen LogP contribution in [-0.4, -0.2) is 88.4 Å². The Morgan fingerprint density at radius 3 is 2.68 bits per heavy atom. The van der Waals surface area contributed by atoms with Crippen molar-refractivity contribution >= 4 is 16.0 Å². The highest BCUT2D eigenvalue weighted by Crippen LogP contribution is 2.11. The van der Waals surface area contributed by atoms with Crippen LogP contribution in [0.5, 0.6) is 0 Å². The third-order valence-corrected chi connectivity index (χ3v) is 5.85. The van der Waals surface area contributed by atoms with E-state index in [4.69, 9.17) is 10.5 Å². The van der Waals surface area contributed by atoms with Crippen LogP contribution in [-0.2, 0) is 14.8 Å². The molecule has 2 rings (SSSR count). The summed E-state index contributed by atoms with van der Waals surface area (Å²) in [5.74, 6) is 0.650. The quantitative estimate of drug-likeness (QED) is 0.339. The molecule has 0 radical (unpaired) electrons. The van der Waals surface area contributed by atoms with E-state index in [1.54, 1.807) is 0 Å². The monoisotopic (exact) mass is 333 g/mol. The van der Waals surface area contributed by atoms with Gasteiger partial charge >= 0.3 is 0 Å². The summed E-state index contributed by atoms with van der Waals surface area (Å²) in [6, 6.07) is 0. The lowest BCUT2D eigenvalue weighted by atomic mass is 10.3. The van der Waals surface area contributed by atoms with Crippen molar-refractivity contribution < 1.29 is 13.2 Å². The highest BCUT2D eigenvalue weighted by Gasteiger charge is 2.27. The van der Waals surface area contributed by atoms with Gasteiger partial charge in [0.05, 0.1) is 19.0 Å². The van der Waals surface area contributed by atoms with Gasteiger partial charge in [-0.1, -0.05) is 0 Å². The molecule has 2 fully saturated rings. The van der Waals surface area contributed by atoms with Crippen LogP contribution in [0.15, 0.2) is 4.99 Å². The highest BCUT2D eigenvalue weighted by molar-refractivity contribution is 7.89. The van der Waals surface area contributed by atoms with Crippen LogP contribution >= 0.6 is 0 Å². The van der Waals surface area contributed by atoms with Crippen molar-refractivity contribution in [1.82, 2.24) is 14.5 Å². The fraction of sp³-hybridized carbons (Fsp3) is 0.923. The average molecular weight is 333 g/mol. The Morgan fingerprint density at radius 1 is 1.23 bits per heavy atom. The second-order valence-corrected chi connectivity index (χ2v) is 7.66. The van der Waals surface area contributed by atoms with Crippen molar-refractivity contribution in [2.75, 3.05) is 64.8 Å². The molecule has 128 valence electrons. The van der Waals surface area contributed by atoms with Crippen LogP contribution in [0.3, 0.4) is 0 Å². The number of ether oxygens (including phenoxy) is 1. The number of nitrogens with one attached hydrogen (secondary N) is 1. The maximum atomic E-state index is 11.6. The third-order valence-electron chi connectivity index (χ3n) is 3.89. The van der Waals surface area contributed by atoms with Crippen molar-refractivity contribution in [3.63, 3.8) is 0 Å². The number of aliphatic imine (C=N–C) groups is 1. The van der Waals surface area contributed by atoms with E-state index >= 15 is 0 Å². The zero-order chi connectivity index (χ0) is 15.8. The van der Waals surface area contributed by atoms with Gasteiger partial charge in [0.15, 0.2) is 5.96 Å². The standard InChI is InChI=1S/C13H27N5O3S/c14-13(15-3-1-5-17-8-10-21-11-9-17)16-4-7-18-6-2-12-22(18,19)20/h1-12H2,(H3,14,15,16). The van der Waals surface area contributed by atoms with Crippen molar-refractivity contribution in [1.29, 1.82) is 0 Å². The van der Waals surface area contributed by atoms with Crippen molar-refractivity contribution in [2.45, 2.75) is 12.8 Å². The van der Waals surface area contributed by atoms with E-state index in [0.717, 1.165) is 39.3 Å². The SMILES string of the molecule is NC(=NCCCN1CCOCC1)NCCN1CCCS1(=O)=O. The molecule has 0 amide bonds. The summed E-state index contributed by atoms with van der Waals surface area (Å²) in [6.07, 6.45) is 1.68. The summed E-state index contributed by atoms with van der Waals surface area (Å²) < 4.78 is 30.0. The smallest absolute Gasteiger partial charge is 0.214 e. The van der Waals surface area contributed by atoms with E-state index in [-0.39, 0.29) is 5.75 Å². The molecule has 3 N–H and O–H groups in total. The minimum absolute atomic E-state index is 0.262. The van der Waals surface area contributed by atoms with Crippen LogP contribution in [0.1, 0.15) is 12.8 Å². The molecule has 22 heavy (non-hydrogen) atoms. The summed E-state index contributed by atoms with van der Waals surface area (Å²) in [7, 11) is -3.02. The fourth-order valence-corrected chi connectivity index (χ4v) is 4.15. The number of nitrogens with two attached hydrogens (primary N) is 1. The molecule has 2 heterocycles. The highest BCUT2D eigenvalue weighted by atomic mass is 32.2. The van der Waals surface area contributed by atoms with Gasteiger partial charge < -0.3 is 15.8 Å². The molecule has 0 atom stereocenters. The normalized spacial score (nSPS) is 23.7. The Bertz CT molecular complexity index is 462. The number of sulfonamides is 1. The predicted molar refractivity (Wildman–Crippen MR) is 86.3 cm³/mol. The number of hydrogen-bond donors (Lipinski definition) is 2. The van der Waals surface area contributed by atoms with Crippen LogP contribution in [0.4, 0.5) is 0 Å². The van der Waals surface area contributed by atoms with Crippen LogP contribution in [0, 0.1) is 0 Å². The van der Waals surface area contributed by atoms with Gasteiger partial charge in [-0.2, -0.15) is 0 Å². The first-order valence-corrected chi connectivity index (χ1v) is 9.50. The van der Waals surface area contributed by atoms with E-state index < -0.39 is 10.0 Å². The number of guanidine groups is 1. The molecule has 2 saturated heterocycles. The van der Waals surface area contributed by atoms with Crippen molar-refractivity contribution in [2.24, 2.45) is 10.7 Å². The van der Waals surface area contributed by atoms with E-state index in [1.807, 2.05) is 0 Å². The first-order valence-electron chi connectivity index (χ1n) is 7.90. The first kappa shape index (κ1) is 17.5. The van der Waals surface area contributed by atoms with Crippen LogP contribution in [0.2, 0.25) is 0 Å². The molecule has 0 bridgehead atoms. The van der Waals surface area contributed by atoms with E-state index in [1.165, 1.54) is 4.31 Å². The molecular formula is C13H27N5O3S. The number of hydrogen-bond acceptors (Lipinski definition) is 5. The molecular weight excluding hydrogens is 306 g/mol. The lowest BCUT2D eigenvalue weighted by Crippen LogP contribution is -2.39. The van der Waals surface area contributed by atoms with Gasteiger partial charge in [0.1, 0.15) is 0 Å². The molecule has 2 aliphatic rings. The molecule has 0 saturated carbocycles. The summed E-state index contributed by atoms with van der Waals surface area (Å²) in [5, 5.41) is 2.97. The largest absolute Gasteiger partial charge is 0.379 e. The fourth-order valence-electron chi connectivity index (χ4n) is 2.63. The molecule has 0 unspecified atom stereocenters. The van der Waals surface area contributed by atoms with Gasteiger partial charge in [-0.25, -0.2) is 12.7 Å². The Balaban J connectivity index is 1.55. The minimum atomic E-state index is -3.02. The van der Waals surface area contributed by atoms with E-state index in [2.05, 4.69) is 15.2 Å². The molecule has 9 heteroatoms. The summed E-state index contributed by atoms with van der Waals surface area (Å²) in [4.78, 5) is 6.63. The first-order chi connectivity index (χ1) is 10.6. The van der Waals surface area contributed by atoms with Gasteiger partial charge in [-0.15, -0.1) is 0 Å². The van der Waals surface area contributed by atoms with Gasteiger partial charge in [0.25, 0.3) is 0 Å². The molecule has 0 aromatic carbocycles. The Morgan fingerprint density at radius 2 is 2.00 bits per heavy atom. The topological polar surface area (TPSA) is 100 Å². The summed E-state index contributed by atoms with van der Waals surface area (Å²) in [5.41, 5.74) is 5.78. The lowest BCUT2D eigenvalue weighted by molar-refractivity contribution is 0.0377. The minimum Gasteiger partial charge on any atom is -0.379 e. The number of nitrogens with zero attached hydrogens (tertiary/aromatic N) is 3. The van der Waals surface area contributed by atoms with Gasteiger partial charge in [-0.3, -0.25) is 9.89 Å². The zero-order valence-corrected chi connectivity index (χ0v) is 13.9. The Hall–Kier alpha value is -0.900. The molecule has 0 aromatic rings. The molecule has 0 aromatic heterocycles. The van der Waals surface area contributed by atoms with E-state index in [0.29, 0.717) is 38.6 Å². The Kier molecular flexibility index (Phi) is 6.87. The average Bonchev–Trinajstić information content (AvgIpc) is 2.84. The number of rotatable bonds is 7. The summed E-state index contributed by atoms with van der Waals surface area (Å²) in [6.45, 7) is 6.84. The molecule has 2 aliphatic heterocycles. The number of morpholine rings is 1. The Labute approximate surface area is 132 Å². The van der Waals surface area contributed by atoms with Crippen LogP contribution < -0.4 is 11.1 Å². The van der Waals surface area contributed by atoms with Gasteiger partial charge in [-0.05, 0) is 12.8 Å². The van der Waals surface area contributed by atoms with E-state index in [9.17, 15) is 8.42 Å². The zero-order valence-electron chi connectivity index (χ0n) is 13.0. The summed E-state index contributed by atoms with van der Waals surface area (Å²) >= 11 is 0. The second-order valence-electron chi connectivity index (χ2n) is 5.57. The molecule has 0 spiro atoms.